The Labute approximate surface area is 339 Å². The van der Waals surface area contributed by atoms with Crippen molar-refractivity contribution in [1.82, 2.24) is 4.90 Å². The van der Waals surface area contributed by atoms with Crippen LogP contribution in [-0.2, 0) is 38.0 Å². The molecule has 0 spiro atoms. The second kappa shape index (κ2) is 24.2. The molecule has 3 heterocycles. The van der Waals surface area contributed by atoms with E-state index in [-0.39, 0.29) is 53.9 Å². The molecule has 0 aromatic heterocycles. The zero-order chi connectivity index (χ0) is 40.6. The zero-order valence-corrected chi connectivity index (χ0v) is 36.1. The van der Waals surface area contributed by atoms with Gasteiger partial charge < -0.3 is 38.4 Å². The number of fused-ring (bicyclic) bond motifs is 5. The standard InChI is InChI=1S/C28H40O3.C11H22O5.C7H15NO/c1-3-4-12-21-13-9-8-10-19(2)28(30)26-17-24-22-14-7-5-6-11-20(22)15-16-23(24)25(26)18-27(29)31-21;1-5-14-8-7(3)16-11(12)10(13-4)9(8)15-6-2;1-8(2)7-4-3-5-9-6-7/h4,12,15-17,19-25H,3,5-11,13-14,18H2,1-2H3;7-12H,5-6H2,1-4H3;7H,3-6H2,1-2H3/b12-4+;;/t;7?,8-,9?,10?,11+;/m.0./s1. The number of ketones is 1. The summed E-state index contributed by atoms with van der Waals surface area (Å²) in [5.74, 6) is 2.15. The summed E-state index contributed by atoms with van der Waals surface area (Å²) in [5.41, 5.74) is 0.940. The van der Waals surface area contributed by atoms with Gasteiger partial charge in [-0.1, -0.05) is 63.8 Å². The fourth-order valence-corrected chi connectivity index (χ4v) is 9.72. The number of cyclic esters (lactones) is 1. The first-order valence-electron chi connectivity index (χ1n) is 22.2. The van der Waals surface area contributed by atoms with Crippen LogP contribution >= 0.6 is 0 Å². The van der Waals surface area contributed by atoms with Gasteiger partial charge in [0, 0.05) is 44.8 Å². The number of carbonyl (C=O) groups is 2. The molecular formula is C46H77NO9. The molecule has 1 N–H and O–H groups in total. The normalized spacial score (nSPS) is 37.9. The first-order valence-corrected chi connectivity index (χ1v) is 22.2. The van der Waals surface area contributed by atoms with Gasteiger partial charge >= 0.3 is 5.97 Å². The van der Waals surface area contributed by atoms with Crippen molar-refractivity contribution in [3.63, 3.8) is 0 Å². The van der Waals surface area contributed by atoms with Gasteiger partial charge in [0.15, 0.2) is 12.1 Å². The molecule has 0 amide bonds. The van der Waals surface area contributed by atoms with Gasteiger partial charge in [-0.25, -0.2) is 0 Å². The number of hydrogen-bond donors (Lipinski definition) is 1. The van der Waals surface area contributed by atoms with Crippen LogP contribution in [0.15, 0.2) is 36.0 Å². The van der Waals surface area contributed by atoms with E-state index in [2.05, 4.69) is 63.2 Å². The van der Waals surface area contributed by atoms with Crippen molar-refractivity contribution < 1.29 is 43.1 Å². The van der Waals surface area contributed by atoms with E-state index in [9.17, 15) is 14.7 Å². The molecule has 4 fully saturated rings. The summed E-state index contributed by atoms with van der Waals surface area (Å²) in [4.78, 5) is 28.7. The number of allylic oxidation sites excluding steroid dienone is 5. The summed E-state index contributed by atoms with van der Waals surface area (Å²) in [6.07, 6.45) is 23.0. The maximum absolute atomic E-state index is 13.5. The third-order valence-electron chi connectivity index (χ3n) is 12.8. The predicted octanol–water partition coefficient (Wildman–Crippen LogP) is 7.86. The van der Waals surface area contributed by atoms with Crippen molar-refractivity contribution in [2.24, 2.45) is 35.5 Å². The Morgan fingerprint density at radius 3 is 2.23 bits per heavy atom. The average molecular weight is 788 g/mol. The van der Waals surface area contributed by atoms with Crippen LogP contribution in [0.3, 0.4) is 0 Å². The van der Waals surface area contributed by atoms with E-state index in [1.807, 2.05) is 20.8 Å². The number of methoxy groups -OCH3 is 1. The molecule has 1 saturated carbocycles. The van der Waals surface area contributed by atoms with Gasteiger partial charge in [-0.05, 0) is 122 Å². The zero-order valence-electron chi connectivity index (χ0n) is 36.1. The van der Waals surface area contributed by atoms with E-state index >= 15 is 0 Å². The fourth-order valence-electron chi connectivity index (χ4n) is 9.72. The van der Waals surface area contributed by atoms with E-state index in [0.29, 0.717) is 43.4 Å². The first-order chi connectivity index (χ1) is 27.0. The molecule has 3 aliphatic carbocycles. The minimum Gasteiger partial charge on any atom is -0.458 e. The number of Topliss-reactive ketones (excluding diaryl/α,β-unsaturated/α-hetero) is 1. The van der Waals surface area contributed by atoms with Crippen LogP contribution in [-0.4, -0.2) is 112 Å². The number of rotatable bonds is 8. The second-order valence-electron chi connectivity index (χ2n) is 17.0. The lowest BCUT2D eigenvalue weighted by atomic mass is 9.67. The summed E-state index contributed by atoms with van der Waals surface area (Å²) in [6.45, 7) is 12.9. The Balaban J connectivity index is 0.000000230. The molecule has 11 unspecified atom stereocenters. The smallest absolute Gasteiger partial charge is 0.307 e. The number of ether oxygens (including phenoxy) is 6. The van der Waals surface area contributed by atoms with Crippen LogP contribution in [0.1, 0.15) is 118 Å². The number of aliphatic hydroxyl groups is 1. The Morgan fingerprint density at radius 1 is 0.857 bits per heavy atom. The molecule has 13 atom stereocenters. The van der Waals surface area contributed by atoms with Crippen molar-refractivity contribution >= 4 is 11.8 Å². The molecule has 10 heteroatoms. The van der Waals surface area contributed by atoms with E-state index in [1.165, 1.54) is 52.1 Å². The van der Waals surface area contributed by atoms with Gasteiger partial charge in [-0.15, -0.1) is 0 Å². The molecule has 0 aromatic rings. The van der Waals surface area contributed by atoms with Crippen LogP contribution in [0.25, 0.3) is 0 Å². The van der Waals surface area contributed by atoms with Crippen LogP contribution in [0, 0.1) is 35.5 Å². The monoisotopic (exact) mass is 788 g/mol. The van der Waals surface area contributed by atoms with Crippen molar-refractivity contribution in [2.45, 2.75) is 161 Å². The number of esters is 1. The number of nitrogens with zero attached hydrogens (tertiary/aromatic N) is 1. The quantitative estimate of drug-likeness (QED) is 0.193. The van der Waals surface area contributed by atoms with E-state index in [4.69, 9.17) is 28.4 Å². The van der Waals surface area contributed by atoms with Crippen LogP contribution in [0.5, 0.6) is 0 Å². The van der Waals surface area contributed by atoms with Crippen molar-refractivity contribution in [3.8, 4) is 0 Å². The SMILES string of the molecule is CC/C=C/C1CCCCC(C)C(=O)C2=CC3C(C=CC4CCCCCC43)C2CC(=O)O1.CCOC1C(OC)[C@H](O)OC(C)[C@@H]1OCC.CN(C)C1CCCOC1. The molecule has 6 rings (SSSR count). The summed E-state index contributed by atoms with van der Waals surface area (Å²) in [6, 6.07) is 0.666. The molecule has 3 saturated heterocycles. The Morgan fingerprint density at radius 2 is 1.57 bits per heavy atom. The van der Waals surface area contributed by atoms with Crippen molar-refractivity contribution in [2.75, 3.05) is 47.6 Å². The fraction of sp³-hybridized carbons (Fsp3) is 0.826. The highest BCUT2D eigenvalue weighted by Crippen LogP contribution is 2.52. The predicted molar refractivity (Wildman–Crippen MR) is 220 cm³/mol. The topological polar surface area (TPSA) is 113 Å². The number of hydrogen-bond acceptors (Lipinski definition) is 10. The van der Waals surface area contributed by atoms with Gasteiger partial charge in [0.25, 0.3) is 0 Å². The Hall–Kier alpha value is -1.92. The van der Waals surface area contributed by atoms with Gasteiger partial charge in [0.1, 0.15) is 24.4 Å². The molecular weight excluding hydrogens is 711 g/mol. The first kappa shape index (κ1) is 46.8. The summed E-state index contributed by atoms with van der Waals surface area (Å²) in [7, 11) is 5.75. The largest absolute Gasteiger partial charge is 0.458 e. The molecule has 3 aliphatic heterocycles. The van der Waals surface area contributed by atoms with Gasteiger partial charge in [-0.3, -0.25) is 9.59 Å². The molecule has 56 heavy (non-hydrogen) atoms. The van der Waals surface area contributed by atoms with E-state index < -0.39 is 12.4 Å². The van der Waals surface area contributed by atoms with Crippen LogP contribution in [0.4, 0.5) is 0 Å². The molecule has 0 bridgehead atoms. The maximum atomic E-state index is 13.5. The van der Waals surface area contributed by atoms with Crippen LogP contribution in [0.2, 0.25) is 0 Å². The average Bonchev–Trinajstić information content (AvgIpc) is 3.36. The minimum absolute atomic E-state index is 0.0110. The Bertz CT molecular complexity index is 1260. The third-order valence-corrected chi connectivity index (χ3v) is 12.8. The Kier molecular flexibility index (Phi) is 20.2. The van der Waals surface area contributed by atoms with Gasteiger partial charge in [-0.2, -0.15) is 0 Å². The maximum Gasteiger partial charge on any atom is 0.307 e. The highest BCUT2D eigenvalue weighted by Gasteiger charge is 2.47. The minimum atomic E-state index is -0.965. The van der Waals surface area contributed by atoms with Gasteiger partial charge in [0.2, 0.25) is 0 Å². The highest BCUT2D eigenvalue weighted by atomic mass is 16.7. The van der Waals surface area contributed by atoms with E-state index in [0.717, 1.165) is 50.9 Å². The lowest BCUT2D eigenvalue weighted by Gasteiger charge is -2.42. The lowest BCUT2D eigenvalue weighted by molar-refractivity contribution is -0.297. The molecule has 0 aromatic carbocycles. The highest BCUT2D eigenvalue weighted by molar-refractivity contribution is 5.98. The van der Waals surface area contributed by atoms with Gasteiger partial charge in [0.05, 0.1) is 19.1 Å². The molecule has 320 valence electrons. The molecule has 0 radical (unpaired) electrons. The number of carbonyl (C=O) groups excluding carboxylic acids is 2. The summed E-state index contributed by atoms with van der Waals surface area (Å²) < 4.78 is 33.0. The number of aliphatic hydroxyl groups excluding tert-OH is 1. The van der Waals surface area contributed by atoms with Crippen molar-refractivity contribution in [3.05, 3.63) is 36.0 Å². The number of likely N-dealkylation sites (N-methyl/N-ethyl adjacent to an activating group) is 1. The third kappa shape index (κ3) is 13.0. The van der Waals surface area contributed by atoms with Crippen molar-refractivity contribution in [1.29, 1.82) is 0 Å². The second-order valence-corrected chi connectivity index (χ2v) is 17.0. The summed E-state index contributed by atoms with van der Waals surface area (Å²) >= 11 is 0. The van der Waals surface area contributed by atoms with E-state index in [1.54, 1.807) is 0 Å². The molecule has 6 aliphatic rings. The van der Waals surface area contributed by atoms with Crippen LogP contribution < -0.4 is 0 Å². The lowest BCUT2D eigenvalue weighted by Crippen LogP contribution is -2.59. The summed E-state index contributed by atoms with van der Waals surface area (Å²) in [5, 5.41) is 9.74. The molecule has 10 nitrogen and oxygen atoms in total.